The van der Waals surface area contributed by atoms with E-state index in [0.29, 0.717) is 13.0 Å². The summed E-state index contributed by atoms with van der Waals surface area (Å²) in [5.41, 5.74) is 0. The van der Waals surface area contributed by atoms with Crippen LogP contribution in [0, 0.1) is 17.8 Å². The summed E-state index contributed by atoms with van der Waals surface area (Å²) >= 11 is 5.38. The van der Waals surface area contributed by atoms with Crippen molar-refractivity contribution in [2.24, 2.45) is 17.8 Å². The maximum Gasteiger partial charge on any atom is 0.311 e. The number of rotatable bonds is 10. The van der Waals surface area contributed by atoms with E-state index in [2.05, 4.69) is 29.1 Å². The molecule has 3 saturated heterocycles. The summed E-state index contributed by atoms with van der Waals surface area (Å²) in [4.78, 5) is 45.6. The molecule has 0 aromatic carbocycles. The van der Waals surface area contributed by atoms with Gasteiger partial charge in [0.25, 0.3) is 0 Å². The van der Waals surface area contributed by atoms with E-state index >= 15 is 0 Å². The van der Waals surface area contributed by atoms with Crippen molar-refractivity contribution in [2.75, 3.05) is 19.8 Å². The zero-order valence-corrected chi connectivity index (χ0v) is 23.7. The highest BCUT2D eigenvalue weighted by atomic mass is 79.9. The second-order valence-corrected chi connectivity index (χ2v) is 13.6. The molecule has 1 spiro atoms. The van der Waals surface area contributed by atoms with Crippen LogP contribution in [-0.2, 0) is 19.1 Å². The fraction of sp³-hybridized carbons (Fsp3) is 0.741. The fourth-order valence-electron chi connectivity index (χ4n) is 6.94. The number of alkyl halides is 1. The van der Waals surface area contributed by atoms with Gasteiger partial charge in [-0.1, -0.05) is 67.8 Å². The Hall–Kier alpha value is -1.32. The molecule has 2 amide bonds. The van der Waals surface area contributed by atoms with E-state index in [4.69, 9.17) is 4.74 Å². The van der Waals surface area contributed by atoms with Crippen LogP contribution in [0.5, 0.6) is 0 Å². The Morgan fingerprint density at radius 1 is 1.28 bits per heavy atom. The lowest BCUT2D eigenvalue weighted by Gasteiger charge is -2.43. The summed E-state index contributed by atoms with van der Waals surface area (Å²) in [5.74, 6) is -2.06. The number of thioether (sulfide) groups is 1. The molecule has 3 aliphatic heterocycles. The molecule has 7 nitrogen and oxygen atoms in total. The van der Waals surface area contributed by atoms with Gasteiger partial charge in [0.05, 0.1) is 29.2 Å². The molecule has 1 saturated carbocycles. The van der Waals surface area contributed by atoms with Crippen LogP contribution < -0.4 is 0 Å². The molecule has 4 aliphatic rings. The number of fused-ring (bicyclic) bond motifs is 1. The van der Waals surface area contributed by atoms with Crippen LogP contribution in [0.1, 0.15) is 52.4 Å². The molecule has 1 N–H and O–H groups in total. The summed E-state index contributed by atoms with van der Waals surface area (Å²) in [7, 11) is 0. The number of aliphatic hydroxyl groups is 1. The number of esters is 1. The Labute approximate surface area is 227 Å². The van der Waals surface area contributed by atoms with Gasteiger partial charge in [0.15, 0.2) is 0 Å². The standard InChI is InChI=1S/C27H39BrN2O5S/c1-5-12-29(17-10-8-7-9-11-17)25(33)23-27-14-18(28)22(36-27)20(26(34)35-13-6-2)21(27)24(32)30(23)19(15-31)16(3)4/h5-6,16-23,31H,1-2,7-15H2,3-4H3/t18?,19-,20-,21-,22-,23?,27?/m0/s1. The van der Waals surface area contributed by atoms with Gasteiger partial charge < -0.3 is 19.6 Å². The molecular weight excluding hydrogens is 544 g/mol. The minimum Gasteiger partial charge on any atom is -0.461 e. The number of ether oxygens (including phenoxy) is 1. The molecule has 3 heterocycles. The predicted octanol–water partition coefficient (Wildman–Crippen LogP) is 3.54. The summed E-state index contributed by atoms with van der Waals surface area (Å²) in [6.45, 7) is 11.7. The van der Waals surface area contributed by atoms with Gasteiger partial charge >= 0.3 is 5.97 Å². The molecule has 4 rings (SSSR count). The van der Waals surface area contributed by atoms with E-state index in [1.807, 2.05) is 18.7 Å². The van der Waals surface area contributed by atoms with Crippen molar-refractivity contribution in [2.45, 2.75) is 85.3 Å². The first-order valence-corrected chi connectivity index (χ1v) is 15.0. The van der Waals surface area contributed by atoms with Crippen molar-refractivity contribution in [1.82, 2.24) is 9.80 Å². The van der Waals surface area contributed by atoms with Gasteiger partial charge in [0, 0.05) is 22.7 Å². The molecule has 0 radical (unpaired) electrons. The van der Waals surface area contributed by atoms with Gasteiger partial charge in [-0.2, -0.15) is 0 Å². The van der Waals surface area contributed by atoms with E-state index in [9.17, 15) is 19.5 Å². The van der Waals surface area contributed by atoms with Gasteiger partial charge in [-0.15, -0.1) is 18.3 Å². The monoisotopic (exact) mass is 582 g/mol. The number of halogens is 1. The molecule has 3 unspecified atom stereocenters. The lowest BCUT2D eigenvalue weighted by atomic mass is 9.71. The van der Waals surface area contributed by atoms with Crippen molar-refractivity contribution in [3.05, 3.63) is 25.3 Å². The SMILES string of the molecule is C=CCOC(=O)[C@H]1[C@H]2C(=O)N([C@@H](CO)C(C)C)C(C(=O)N(CC=C)C3CCCCC3)C23CC(Br)[C@@H]1S3. The molecule has 0 aromatic heterocycles. The Morgan fingerprint density at radius 3 is 2.56 bits per heavy atom. The number of hydrogen-bond acceptors (Lipinski definition) is 6. The van der Waals surface area contributed by atoms with Crippen LogP contribution in [0.2, 0.25) is 0 Å². The average Bonchev–Trinajstić information content (AvgIpc) is 3.45. The number of carbonyl (C=O) groups is 3. The minimum atomic E-state index is -0.749. The van der Waals surface area contributed by atoms with Crippen molar-refractivity contribution >= 4 is 45.5 Å². The topological polar surface area (TPSA) is 87.1 Å². The van der Waals surface area contributed by atoms with Gasteiger partial charge in [0.1, 0.15) is 12.6 Å². The molecule has 200 valence electrons. The van der Waals surface area contributed by atoms with Crippen LogP contribution in [0.25, 0.3) is 0 Å². The smallest absolute Gasteiger partial charge is 0.311 e. The van der Waals surface area contributed by atoms with Crippen LogP contribution in [-0.4, -0.2) is 85.4 Å². The van der Waals surface area contributed by atoms with Crippen LogP contribution in [0.4, 0.5) is 0 Å². The van der Waals surface area contributed by atoms with E-state index in [-0.39, 0.29) is 47.1 Å². The summed E-state index contributed by atoms with van der Waals surface area (Å²) in [6, 6.07) is -1.15. The minimum absolute atomic E-state index is 0.0164. The van der Waals surface area contributed by atoms with E-state index < -0.39 is 34.6 Å². The summed E-state index contributed by atoms with van der Waals surface area (Å²) in [6.07, 6.45) is 9.10. The lowest BCUT2D eigenvalue weighted by molar-refractivity contribution is -0.153. The molecule has 4 fully saturated rings. The number of carbonyl (C=O) groups excluding carboxylic acids is 3. The van der Waals surface area contributed by atoms with Gasteiger partial charge in [0.2, 0.25) is 11.8 Å². The highest BCUT2D eigenvalue weighted by Gasteiger charge is 2.76. The van der Waals surface area contributed by atoms with Gasteiger partial charge in [-0.25, -0.2) is 0 Å². The van der Waals surface area contributed by atoms with Crippen molar-refractivity contribution in [3.63, 3.8) is 0 Å². The number of hydrogen-bond donors (Lipinski definition) is 1. The third-order valence-corrected chi connectivity index (χ3v) is 11.7. The Kier molecular flexibility index (Phi) is 8.62. The van der Waals surface area contributed by atoms with Crippen LogP contribution >= 0.6 is 27.7 Å². The fourth-order valence-corrected chi connectivity index (χ4v) is 10.5. The molecular formula is C27H39BrN2O5S. The first-order valence-electron chi connectivity index (χ1n) is 13.2. The van der Waals surface area contributed by atoms with Gasteiger partial charge in [-0.3, -0.25) is 14.4 Å². The van der Waals surface area contributed by atoms with E-state index in [1.54, 1.807) is 22.7 Å². The molecule has 9 heteroatoms. The number of amides is 2. The van der Waals surface area contributed by atoms with Gasteiger partial charge in [-0.05, 0) is 25.2 Å². The van der Waals surface area contributed by atoms with Crippen LogP contribution in [0.15, 0.2) is 25.3 Å². The summed E-state index contributed by atoms with van der Waals surface area (Å²) in [5, 5.41) is 10.2. The molecule has 1 aliphatic carbocycles. The molecule has 2 bridgehead atoms. The molecule has 0 aromatic rings. The Bertz CT molecular complexity index is 893. The zero-order valence-electron chi connectivity index (χ0n) is 21.3. The first kappa shape index (κ1) is 27.7. The highest BCUT2D eigenvalue weighted by Crippen LogP contribution is 2.68. The van der Waals surface area contributed by atoms with E-state index in [1.165, 1.54) is 12.5 Å². The number of likely N-dealkylation sites (tertiary alicyclic amines) is 1. The normalized spacial score (nSPS) is 34.5. The lowest BCUT2D eigenvalue weighted by Crippen LogP contribution is -2.60. The number of nitrogens with zero attached hydrogens (tertiary/aromatic N) is 2. The Balaban J connectivity index is 1.79. The van der Waals surface area contributed by atoms with Crippen LogP contribution in [0.3, 0.4) is 0 Å². The molecule has 36 heavy (non-hydrogen) atoms. The average molecular weight is 584 g/mol. The van der Waals surface area contributed by atoms with E-state index in [0.717, 1.165) is 25.7 Å². The third-order valence-electron chi connectivity index (χ3n) is 8.51. The first-order chi connectivity index (χ1) is 17.2. The highest BCUT2D eigenvalue weighted by molar-refractivity contribution is 9.09. The zero-order chi connectivity index (χ0) is 26.2. The third kappa shape index (κ3) is 4.47. The number of aliphatic hydroxyl groups excluding tert-OH is 1. The molecule has 7 atom stereocenters. The van der Waals surface area contributed by atoms with Crippen molar-refractivity contribution in [1.29, 1.82) is 0 Å². The second kappa shape index (κ2) is 11.2. The summed E-state index contributed by atoms with van der Waals surface area (Å²) < 4.78 is 4.71. The maximum atomic E-state index is 14.6. The van der Waals surface area contributed by atoms with Crippen molar-refractivity contribution < 1.29 is 24.2 Å². The quantitative estimate of drug-likeness (QED) is 0.241. The second-order valence-electron chi connectivity index (χ2n) is 10.9. The maximum absolute atomic E-state index is 14.6. The van der Waals surface area contributed by atoms with Crippen molar-refractivity contribution in [3.8, 4) is 0 Å². The Morgan fingerprint density at radius 2 is 1.97 bits per heavy atom. The largest absolute Gasteiger partial charge is 0.461 e. The predicted molar refractivity (Wildman–Crippen MR) is 145 cm³/mol.